The van der Waals surface area contributed by atoms with E-state index >= 15 is 0 Å². The number of hydrogen-bond donors (Lipinski definition) is 2. The summed E-state index contributed by atoms with van der Waals surface area (Å²) in [6.45, 7) is 0. The van der Waals surface area contributed by atoms with Crippen LogP contribution in [0.4, 0.5) is 0 Å². The number of thiol groups is 1. The van der Waals surface area contributed by atoms with Crippen LogP contribution >= 0.6 is 12.8 Å². The molecule has 7 heteroatoms. The summed E-state index contributed by atoms with van der Waals surface area (Å²) in [7, 11) is 0. The molecule has 0 bridgehead atoms. The van der Waals surface area contributed by atoms with Gasteiger partial charge in [-0.25, -0.2) is 24.3 Å². The molecule has 0 aliphatic heterocycles. The summed E-state index contributed by atoms with van der Waals surface area (Å²) >= 11 is 4.29. The molecule has 2 heterocycles. The van der Waals surface area contributed by atoms with Crippen molar-refractivity contribution < 1.29 is 0 Å². The van der Waals surface area contributed by atoms with Gasteiger partial charge in [0.05, 0.1) is 16.9 Å². The van der Waals surface area contributed by atoms with E-state index in [9.17, 15) is 0 Å². The van der Waals surface area contributed by atoms with Crippen LogP contribution in [-0.2, 0) is 0 Å². The maximum Gasteiger partial charge on any atom is 0.164 e. The summed E-state index contributed by atoms with van der Waals surface area (Å²) in [6, 6.07) is 54.0. The molecule has 6 nitrogen and oxygen atoms in total. The van der Waals surface area contributed by atoms with Gasteiger partial charge in [-0.2, -0.15) is 0 Å². The van der Waals surface area contributed by atoms with E-state index in [0.29, 0.717) is 28.9 Å². The average Bonchev–Trinajstić information content (AvgIpc) is 3.25. The molecule has 0 unspecified atom stereocenters. The van der Waals surface area contributed by atoms with Gasteiger partial charge in [-0.05, 0) is 81.9 Å². The SMILES string of the molecule is N=C1C=Cc2c(-c3ccccc3)nc3cc(-c4cccc(-c5nc(-c6ccc7ccccc7c6)nc(-c6ccc7ccccc7c6)n5)c4)ccc3c2C1=NS. The molecule has 2 aromatic heterocycles. The molecule has 0 saturated carbocycles. The highest BCUT2D eigenvalue weighted by molar-refractivity contribution is 7.79. The van der Waals surface area contributed by atoms with E-state index in [1.165, 1.54) is 0 Å². The fourth-order valence-corrected chi connectivity index (χ4v) is 7.64. The zero-order valence-electron chi connectivity index (χ0n) is 29.3. The maximum absolute atomic E-state index is 8.62. The van der Waals surface area contributed by atoms with E-state index in [4.69, 9.17) is 25.3 Å². The smallest absolute Gasteiger partial charge is 0.164 e. The Kier molecular flexibility index (Phi) is 7.93. The van der Waals surface area contributed by atoms with E-state index in [1.54, 1.807) is 6.08 Å². The number of allylic oxidation sites excluding steroid dienone is 1. The van der Waals surface area contributed by atoms with Crippen LogP contribution in [-0.4, -0.2) is 31.4 Å². The predicted molar refractivity (Wildman–Crippen MR) is 230 cm³/mol. The van der Waals surface area contributed by atoms with Gasteiger partial charge in [-0.3, -0.25) is 5.41 Å². The number of benzene rings is 7. The molecule has 258 valence electrons. The van der Waals surface area contributed by atoms with Gasteiger partial charge in [0.15, 0.2) is 17.5 Å². The summed E-state index contributed by atoms with van der Waals surface area (Å²) in [5.41, 5.74) is 9.96. The number of aromatic nitrogens is 4. The Morgan fingerprint density at radius 2 is 0.964 bits per heavy atom. The van der Waals surface area contributed by atoms with Gasteiger partial charge < -0.3 is 0 Å². The van der Waals surface area contributed by atoms with Crippen molar-refractivity contribution in [1.29, 1.82) is 5.41 Å². The molecular formula is C48H30N6S. The van der Waals surface area contributed by atoms with E-state index in [2.05, 4.69) is 120 Å². The van der Waals surface area contributed by atoms with E-state index < -0.39 is 0 Å². The fourth-order valence-electron chi connectivity index (χ4n) is 7.43. The van der Waals surface area contributed by atoms with Crippen LogP contribution in [0.15, 0.2) is 168 Å². The van der Waals surface area contributed by atoms with Crippen LogP contribution in [0.5, 0.6) is 0 Å². The lowest BCUT2D eigenvalue weighted by Crippen LogP contribution is -2.18. The summed E-state index contributed by atoms with van der Waals surface area (Å²) in [5.74, 6) is 1.81. The second-order valence-corrected chi connectivity index (χ2v) is 13.8. The largest absolute Gasteiger partial charge is 0.299 e. The lowest BCUT2D eigenvalue weighted by Gasteiger charge is -2.20. The first-order chi connectivity index (χ1) is 27.1. The normalized spacial score (nSPS) is 13.2. The Bertz CT molecular complexity index is 2980. The third kappa shape index (κ3) is 5.87. The third-order valence-electron chi connectivity index (χ3n) is 10.2. The Hall–Kier alpha value is -7.09. The molecule has 1 N–H and O–H groups in total. The molecule has 0 radical (unpaired) electrons. The number of fused-ring (bicyclic) bond motifs is 5. The van der Waals surface area contributed by atoms with Gasteiger partial charge in [0.2, 0.25) is 0 Å². The van der Waals surface area contributed by atoms with Crippen molar-refractivity contribution in [1.82, 2.24) is 19.9 Å². The topological polar surface area (TPSA) is 87.8 Å². The van der Waals surface area contributed by atoms with Crippen molar-refractivity contribution in [2.24, 2.45) is 4.40 Å². The van der Waals surface area contributed by atoms with Crippen LogP contribution in [0.25, 0.3) is 95.1 Å². The standard InChI is InChI=1S/C48H30N6S/c49-41-24-23-40-43(45(41)54-55)39-22-21-35(28-42(39)50-44(40)31-11-2-1-3-12-31)34-15-8-16-36(27-34)46-51-47(37-19-17-29-9-4-6-13-32(29)25-37)53-48(52-46)38-20-18-30-10-5-7-14-33(30)26-38/h1-28,49,55H. The van der Waals surface area contributed by atoms with Crippen LogP contribution in [0.1, 0.15) is 11.1 Å². The zero-order valence-corrected chi connectivity index (χ0v) is 30.2. The minimum Gasteiger partial charge on any atom is -0.299 e. The first-order valence-electron chi connectivity index (χ1n) is 18.0. The minimum absolute atomic E-state index is 0.314. The highest BCUT2D eigenvalue weighted by Crippen LogP contribution is 2.37. The fraction of sp³-hybridized carbons (Fsp3) is 0. The maximum atomic E-state index is 8.62. The molecule has 0 amide bonds. The first kappa shape index (κ1) is 32.6. The number of nitrogens with one attached hydrogen (secondary N) is 1. The molecule has 7 aromatic carbocycles. The Morgan fingerprint density at radius 1 is 0.436 bits per heavy atom. The van der Waals surface area contributed by atoms with Crippen molar-refractivity contribution in [2.75, 3.05) is 0 Å². The van der Waals surface area contributed by atoms with Gasteiger partial charge in [-0.1, -0.05) is 133 Å². The lowest BCUT2D eigenvalue weighted by molar-refractivity contribution is 1.08. The van der Waals surface area contributed by atoms with E-state index in [-0.39, 0.29) is 0 Å². The monoisotopic (exact) mass is 722 g/mol. The molecular weight excluding hydrogens is 693 g/mol. The molecule has 1 aliphatic carbocycles. The molecule has 10 rings (SSSR count). The number of rotatable bonds is 5. The van der Waals surface area contributed by atoms with Gasteiger partial charge in [0.1, 0.15) is 5.71 Å². The summed E-state index contributed by atoms with van der Waals surface area (Å²) in [6.07, 6.45) is 3.72. The van der Waals surface area contributed by atoms with Crippen LogP contribution in [0.2, 0.25) is 0 Å². The van der Waals surface area contributed by atoms with Gasteiger partial charge in [0.25, 0.3) is 0 Å². The highest BCUT2D eigenvalue weighted by Gasteiger charge is 2.24. The predicted octanol–water partition coefficient (Wildman–Crippen LogP) is 11.7. The van der Waals surface area contributed by atoms with Crippen LogP contribution in [0, 0.1) is 5.41 Å². The van der Waals surface area contributed by atoms with Gasteiger partial charge in [0, 0.05) is 38.8 Å². The van der Waals surface area contributed by atoms with Gasteiger partial charge >= 0.3 is 0 Å². The molecule has 55 heavy (non-hydrogen) atoms. The molecule has 0 atom stereocenters. The van der Waals surface area contributed by atoms with Crippen molar-refractivity contribution >= 4 is 62.8 Å². The number of hydrogen-bond acceptors (Lipinski definition) is 7. The van der Waals surface area contributed by atoms with E-state index in [1.807, 2.05) is 60.7 Å². The summed E-state index contributed by atoms with van der Waals surface area (Å²) in [4.78, 5) is 20.4. The summed E-state index contributed by atoms with van der Waals surface area (Å²) < 4.78 is 4.26. The number of pyridine rings is 1. The molecule has 0 spiro atoms. The third-order valence-corrected chi connectivity index (χ3v) is 10.4. The first-order valence-corrected chi connectivity index (χ1v) is 18.4. The highest BCUT2D eigenvalue weighted by atomic mass is 32.1. The van der Waals surface area contributed by atoms with Crippen molar-refractivity contribution in [3.05, 3.63) is 175 Å². The van der Waals surface area contributed by atoms with Crippen LogP contribution < -0.4 is 0 Å². The zero-order chi connectivity index (χ0) is 36.9. The molecule has 0 fully saturated rings. The summed E-state index contributed by atoms with van der Waals surface area (Å²) in [5, 5.41) is 14.1. The minimum atomic E-state index is 0.314. The van der Waals surface area contributed by atoms with Gasteiger partial charge in [-0.15, -0.1) is 0 Å². The lowest BCUT2D eigenvalue weighted by atomic mass is 9.87. The number of nitrogens with zero attached hydrogens (tertiary/aromatic N) is 5. The molecule has 1 aliphatic rings. The second kappa shape index (κ2) is 13.4. The van der Waals surface area contributed by atoms with Crippen molar-refractivity contribution in [3.63, 3.8) is 0 Å². The Balaban J connectivity index is 1.12. The Morgan fingerprint density at radius 3 is 1.60 bits per heavy atom. The quantitative estimate of drug-likeness (QED) is 0.173. The van der Waals surface area contributed by atoms with Crippen LogP contribution in [0.3, 0.4) is 0 Å². The average molecular weight is 723 g/mol. The van der Waals surface area contributed by atoms with E-state index in [0.717, 1.165) is 82.6 Å². The second-order valence-electron chi connectivity index (χ2n) is 13.6. The van der Waals surface area contributed by atoms with Crippen molar-refractivity contribution in [3.8, 4) is 56.5 Å². The van der Waals surface area contributed by atoms with Crippen molar-refractivity contribution in [2.45, 2.75) is 0 Å². The molecule has 9 aromatic rings. The molecule has 0 saturated heterocycles. The Labute approximate surface area is 322 Å².